The first-order chi connectivity index (χ1) is 8.96. The largest absolute Gasteiger partial charge is 0.381 e. The number of carbonyl (C=O) groups excluding carboxylic acids is 1. The minimum Gasteiger partial charge on any atom is -0.381 e. The second kappa shape index (κ2) is 6.17. The Morgan fingerprint density at radius 3 is 2.58 bits per heavy atom. The lowest BCUT2D eigenvalue weighted by Gasteiger charge is -2.35. The van der Waals surface area contributed by atoms with Crippen LogP contribution in [0.3, 0.4) is 0 Å². The lowest BCUT2D eigenvalue weighted by atomic mass is 9.95. The van der Waals surface area contributed by atoms with Crippen molar-refractivity contribution < 1.29 is 21.8 Å². The SMILES string of the molecule is O=C(C1CCOCC1)N1CCCC(CS(=O)(=O)F)C1. The van der Waals surface area contributed by atoms with Gasteiger partial charge in [0.05, 0.1) is 5.75 Å². The second-order valence-electron chi connectivity index (χ2n) is 5.38. The van der Waals surface area contributed by atoms with Crippen LogP contribution in [0.2, 0.25) is 0 Å². The van der Waals surface area contributed by atoms with Crippen molar-refractivity contribution in [2.24, 2.45) is 11.8 Å². The van der Waals surface area contributed by atoms with E-state index in [9.17, 15) is 17.1 Å². The van der Waals surface area contributed by atoms with Crippen LogP contribution in [-0.2, 0) is 19.8 Å². The van der Waals surface area contributed by atoms with E-state index in [-0.39, 0.29) is 17.7 Å². The molecule has 0 aromatic carbocycles. The summed E-state index contributed by atoms with van der Waals surface area (Å²) in [6, 6.07) is 0. The molecule has 2 aliphatic rings. The first kappa shape index (κ1) is 14.7. The summed E-state index contributed by atoms with van der Waals surface area (Å²) in [5.74, 6) is -0.684. The third kappa shape index (κ3) is 4.42. The molecule has 0 aromatic heterocycles. The summed E-state index contributed by atoms with van der Waals surface area (Å²) >= 11 is 0. The Balaban J connectivity index is 1.91. The molecule has 1 atom stereocenters. The number of ether oxygens (including phenoxy) is 1. The van der Waals surface area contributed by atoms with Crippen LogP contribution in [-0.4, -0.2) is 51.3 Å². The van der Waals surface area contributed by atoms with Gasteiger partial charge in [0.25, 0.3) is 0 Å². The molecule has 5 nitrogen and oxygen atoms in total. The van der Waals surface area contributed by atoms with Gasteiger partial charge in [-0.25, -0.2) is 0 Å². The van der Waals surface area contributed by atoms with Crippen LogP contribution in [0.1, 0.15) is 25.7 Å². The van der Waals surface area contributed by atoms with E-state index in [1.165, 1.54) is 0 Å². The van der Waals surface area contributed by atoms with Gasteiger partial charge in [0.2, 0.25) is 5.91 Å². The van der Waals surface area contributed by atoms with Crippen molar-refractivity contribution in [3.63, 3.8) is 0 Å². The molecule has 2 aliphatic heterocycles. The van der Waals surface area contributed by atoms with Gasteiger partial charge in [0, 0.05) is 32.2 Å². The van der Waals surface area contributed by atoms with Gasteiger partial charge in [0.1, 0.15) is 0 Å². The number of nitrogens with zero attached hydrogens (tertiary/aromatic N) is 1. The lowest BCUT2D eigenvalue weighted by Crippen LogP contribution is -2.45. The monoisotopic (exact) mass is 293 g/mol. The number of rotatable bonds is 3. The normalized spacial score (nSPS) is 26.4. The first-order valence-electron chi connectivity index (χ1n) is 6.74. The minimum absolute atomic E-state index is 0.0190. The van der Waals surface area contributed by atoms with Crippen molar-refractivity contribution in [3.05, 3.63) is 0 Å². The fourth-order valence-electron chi connectivity index (χ4n) is 2.89. The number of amides is 1. The smallest absolute Gasteiger partial charge is 0.302 e. The van der Waals surface area contributed by atoms with Crippen LogP contribution in [0.4, 0.5) is 3.89 Å². The number of halogens is 1. The molecule has 7 heteroatoms. The second-order valence-corrected chi connectivity index (χ2v) is 6.80. The summed E-state index contributed by atoms with van der Waals surface area (Å²) < 4.78 is 39.3. The van der Waals surface area contributed by atoms with Gasteiger partial charge in [-0.1, -0.05) is 0 Å². The fraction of sp³-hybridized carbons (Fsp3) is 0.917. The zero-order chi connectivity index (χ0) is 13.9. The molecule has 0 N–H and O–H groups in total. The van der Waals surface area contributed by atoms with Crippen molar-refractivity contribution in [3.8, 4) is 0 Å². The van der Waals surface area contributed by atoms with Gasteiger partial charge in [-0.05, 0) is 31.6 Å². The third-order valence-corrected chi connectivity index (χ3v) is 4.71. The maximum Gasteiger partial charge on any atom is 0.302 e. The van der Waals surface area contributed by atoms with Gasteiger partial charge < -0.3 is 9.64 Å². The molecule has 1 unspecified atom stereocenters. The van der Waals surface area contributed by atoms with E-state index in [0.717, 1.165) is 19.3 Å². The number of piperidine rings is 1. The molecule has 0 aromatic rings. The summed E-state index contributed by atoms with van der Waals surface area (Å²) in [7, 11) is -4.46. The average Bonchev–Trinajstić information content (AvgIpc) is 2.37. The van der Waals surface area contributed by atoms with Gasteiger partial charge >= 0.3 is 10.2 Å². The molecule has 0 aliphatic carbocycles. The lowest BCUT2D eigenvalue weighted by molar-refractivity contribution is -0.140. The molecule has 0 bridgehead atoms. The molecule has 2 saturated heterocycles. The Labute approximate surface area is 113 Å². The predicted molar refractivity (Wildman–Crippen MR) is 67.7 cm³/mol. The van der Waals surface area contributed by atoms with Crippen LogP contribution >= 0.6 is 0 Å². The molecule has 19 heavy (non-hydrogen) atoms. The standard InChI is InChI=1S/C12H20FNO4S/c13-19(16,17)9-10-2-1-5-14(8-10)12(15)11-3-6-18-7-4-11/h10-11H,1-9H2. The highest BCUT2D eigenvalue weighted by atomic mass is 32.3. The molecular formula is C12H20FNO4S. The van der Waals surface area contributed by atoms with Crippen LogP contribution in [0, 0.1) is 11.8 Å². The maximum atomic E-state index is 12.7. The summed E-state index contributed by atoms with van der Waals surface area (Å²) in [6.07, 6.45) is 2.86. The molecule has 1 amide bonds. The summed E-state index contributed by atoms with van der Waals surface area (Å²) in [4.78, 5) is 14.0. The highest BCUT2D eigenvalue weighted by molar-refractivity contribution is 7.86. The summed E-state index contributed by atoms with van der Waals surface area (Å²) in [5, 5.41) is 0. The van der Waals surface area contributed by atoms with Crippen molar-refractivity contribution >= 4 is 16.1 Å². The van der Waals surface area contributed by atoms with E-state index in [1.54, 1.807) is 4.90 Å². The van der Waals surface area contributed by atoms with Gasteiger partial charge in [-0.15, -0.1) is 3.89 Å². The topological polar surface area (TPSA) is 63.7 Å². The first-order valence-corrected chi connectivity index (χ1v) is 8.30. The third-order valence-electron chi connectivity index (χ3n) is 3.84. The van der Waals surface area contributed by atoms with Crippen molar-refractivity contribution in [1.82, 2.24) is 4.90 Å². The van der Waals surface area contributed by atoms with Crippen molar-refractivity contribution in [1.29, 1.82) is 0 Å². The maximum absolute atomic E-state index is 12.7. The Bertz CT molecular complexity index is 419. The minimum atomic E-state index is -4.46. The van der Waals surface area contributed by atoms with Crippen molar-refractivity contribution in [2.45, 2.75) is 25.7 Å². The van der Waals surface area contributed by atoms with E-state index in [0.29, 0.717) is 32.7 Å². The number of likely N-dealkylation sites (tertiary alicyclic amines) is 1. The van der Waals surface area contributed by atoms with E-state index >= 15 is 0 Å². The summed E-state index contributed by atoms with van der Waals surface area (Å²) in [5.41, 5.74) is 0. The van der Waals surface area contributed by atoms with E-state index < -0.39 is 16.0 Å². The zero-order valence-electron chi connectivity index (χ0n) is 10.9. The van der Waals surface area contributed by atoms with Crippen LogP contribution < -0.4 is 0 Å². The number of carbonyl (C=O) groups is 1. The van der Waals surface area contributed by atoms with Crippen LogP contribution in [0.15, 0.2) is 0 Å². The van der Waals surface area contributed by atoms with E-state index in [2.05, 4.69) is 0 Å². The molecule has 2 rings (SSSR count). The Kier molecular flexibility index (Phi) is 4.78. The zero-order valence-corrected chi connectivity index (χ0v) is 11.7. The van der Waals surface area contributed by atoms with Gasteiger partial charge in [-0.2, -0.15) is 8.42 Å². The van der Waals surface area contributed by atoms with Crippen LogP contribution in [0.25, 0.3) is 0 Å². The Morgan fingerprint density at radius 2 is 1.95 bits per heavy atom. The van der Waals surface area contributed by atoms with E-state index in [1.807, 2.05) is 0 Å². The Morgan fingerprint density at radius 1 is 1.26 bits per heavy atom. The van der Waals surface area contributed by atoms with E-state index in [4.69, 9.17) is 4.74 Å². The van der Waals surface area contributed by atoms with Gasteiger partial charge in [0.15, 0.2) is 0 Å². The number of hydrogen-bond donors (Lipinski definition) is 0. The molecule has 110 valence electrons. The highest BCUT2D eigenvalue weighted by Crippen LogP contribution is 2.23. The average molecular weight is 293 g/mol. The Hall–Kier alpha value is -0.690. The summed E-state index contributed by atoms with van der Waals surface area (Å²) in [6.45, 7) is 2.22. The molecule has 0 saturated carbocycles. The molecule has 0 spiro atoms. The molecule has 2 heterocycles. The van der Waals surface area contributed by atoms with Crippen LogP contribution in [0.5, 0.6) is 0 Å². The highest BCUT2D eigenvalue weighted by Gasteiger charge is 2.31. The van der Waals surface area contributed by atoms with Crippen molar-refractivity contribution in [2.75, 3.05) is 32.1 Å². The number of hydrogen-bond acceptors (Lipinski definition) is 4. The predicted octanol–water partition coefficient (Wildman–Crippen LogP) is 0.951. The fourth-order valence-corrected chi connectivity index (χ4v) is 3.72. The molecular weight excluding hydrogens is 273 g/mol. The van der Waals surface area contributed by atoms with Gasteiger partial charge in [-0.3, -0.25) is 4.79 Å². The quantitative estimate of drug-likeness (QED) is 0.727. The molecule has 0 radical (unpaired) electrons. The molecule has 2 fully saturated rings.